The highest BCUT2D eigenvalue weighted by atomic mass is 16.3. The van der Waals surface area contributed by atoms with E-state index in [1.165, 1.54) is 12.8 Å². The molecule has 0 saturated carbocycles. The molecule has 4 nitrogen and oxygen atoms in total. The number of rotatable bonds is 3. The fourth-order valence-electron chi connectivity index (χ4n) is 2.45. The van der Waals surface area contributed by atoms with Crippen molar-refractivity contribution < 1.29 is 10.2 Å². The van der Waals surface area contributed by atoms with Crippen molar-refractivity contribution in [3.8, 4) is 0 Å². The monoisotopic (exact) mass is 200 g/mol. The summed E-state index contributed by atoms with van der Waals surface area (Å²) in [5.74, 6) is 0. The third-order valence-corrected chi connectivity index (χ3v) is 3.35. The third-order valence-electron chi connectivity index (χ3n) is 3.35. The minimum Gasteiger partial charge on any atom is -0.393 e. The lowest BCUT2D eigenvalue weighted by molar-refractivity contribution is -0.00568. The van der Waals surface area contributed by atoms with Gasteiger partial charge in [0.05, 0.1) is 6.61 Å². The van der Waals surface area contributed by atoms with Crippen LogP contribution in [0.5, 0.6) is 0 Å². The third kappa shape index (κ3) is 2.25. The van der Waals surface area contributed by atoms with Gasteiger partial charge in [0, 0.05) is 25.7 Å². The number of nitrogens with zero attached hydrogens (tertiary/aromatic N) is 1. The van der Waals surface area contributed by atoms with Gasteiger partial charge in [-0.25, -0.2) is 0 Å². The molecular formula is C10H20N2O2. The van der Waals surface area contributed by atoms with Gasteiger partial charge in [-0.3, -0.25) is 4.90 Å². The lowest BCUT2D eigenvalue weighted by Crippen LogP contribution is -2.41. The second-order valence-corrected chi connectivity index (χ2v) is 4.66. The molecular weight excluding hydrogens is 180 g/mol. The molecule has 2 aliphatic heterocycles. The Morgan fingerprint density at radius 3 is 2.93 bits per heavy atom. The lowest BCUT2D eigenvalue weighted by atomic mass is 10.1. The van der Waals surface area contributed by atoms with Crippen LogP contribution < -0.4 is 5.32 Å². The van der Waals surface area contributed by atoms with Crippen LogP contribution in [0.4, 0.5) is 0 Å². The van der Waals surface area contributed by atoms with Crippen LogP contribution in [0.2, 0.25) is 0 Å². The summed E-state index contributed by atoms with van der Waals surface area (Å²) in [5, 5.41) is 22.3. The molecule has 2 unspecified atom stereocenters. The first-order chi connectivity index (χ1) is 6.72. The van der Waals surface area contributed by atoms with Crippen LogP contribution in [0, 0.1) is 0 Å². The molecule has 0 radical (unpaired) electrons. The second-order valence-electron chi connectivity index (χ2n) is 4.66. The summed E-state index contributed by atoms with van der Waals surface area (Å²) in [6, 6.07) is 0.594. The molecule has 0 aromatic carbocycles. The summed E-state index contributed by atoms with van der Waals surface area (Å²) in [5.41, 5.74) is -0.835. The first-order valence-electron chi connectivity index (χ1n) is 5.51. The Labute approximate surface area is 84.9 Å². The van der Waals surface area contributed by atoms with Crippen LogP contribution in [0.25, 0.3) is 0 Å². The van der Waals surface area contributed by atoms with Crippen molar-refractivity contribution in [2.24, 2.45) is 0 Å². The number of β-amino-alcohol motifs (C(OH)–C–C–N with tert-alkyl or cyclic N) is 1. The average molecular weight is 200 g/mol. The molecule has 0 aromatic rings. The summed E-state index contributed by atoms with van der Waals surface area (Å²) in [4.78, 5) is 2.25. The van der Waals surface area contributed by atoms with Gasteiger partial charge in [-0.05, 0) is 25.8 Å². The molecule has 82 valence electrons. The quantitative estimate of drug-likeness (QED) is 0.556. The molecule has 4 heteroatoms. The summed E-state index contributed by atoms with van der Waals surface area (Å²) >= 11 is 0. The molecule has 0 aromatic heterocycles. The van der Waals surface area contributed by atoms with Crippen molar-refractivity contribution in [3.05, 3.63) is 0 Å². The van der Waals surface area contributed by atoms with Gasteiger partial charge in [0.15, 0.2) is 0 Å². The van der Waals surface area contributed by atoms with Crippen molar-refractivity contribution >= 4 is 0 Å². The second kappa shape index (κ2) is 4.14. The maximum atomic E-state index is 9.83. The largest absolute Gasteiger partial charge is 0.393 e. The van der Waals surface area contributed by atoms with Crippen molar-refractivity contribution in [1.82, 2.24) is 10.2 Å². The number of aliphatic hydroxyl groups excluding tert-OH is 1. The first kappa shape index (κ1) is 10.4. The number of hydrogen-bond donors (Lipinski definition) is 3. The van der Waals surface area contributed by atoms with E-state index in [1.54, 1.807) is 0 Å². The van der Waals surface area contributed by atoms with Gasteiger partial charge >= 0.3 is 0 Å². The molecule has 14 heavy (non-hydrogen) atoms. The van der Waals surface area contributed by atoms with Crippen molar-refractivity contribution in [2.45, 2.75) is 30.9 Å². The molecule has 0 spiro atoms. The fourth-order valence-corrected chi connectivity index (χ4v) is 2.45. The van der Waals surface area contributed by atoms with Crippen molar-refractivity contribution in [2.75, 3.05) is 32.8 Å². The van der Waals surface area contributed by atoms with Gasteiger partial charge in [-0.15, -0.1) is 0 Å². The maximum Gasteiger partial charge on any atom is 0.101 e. The van der Waals surface area contributed by atoms with Crippen LogP contribution in [0.3, 0.4) is 0 Å². The zero-order valence-corrected chi connectivity index (χ0v) is 8.58. The SMILES string of the molecule is OCC1(O)CCN(CC2CCCN2)C1. The predicted octanol–water partition coefficient (Wildman–Crippen LogP) is -0.832. The Bertz CT molecular complexity index is 195. The fraction of sp³-hybridized carbons (Fsp3) is 1.00. The summed E-state index contributed by atoms with van der Waals surface area (Å²) in [6.07, 6.45) is 3.22. The number of aliphatic hydroxyl groups is 2. The molecule has 2 atom stereocenters. The zero-order chi connectivity index (χ0) is 10.0. The molecule has 2 fully saturated rings. The highest BCUT2D eigenvalue weighted by molar-refractivity contribution is 4.91. The van der Waals surface area contributed by atoms with E-state index < -0.39 is 5.60 Å². The van der Waals surface area contributed by atoms with Crippen LogP contribution in [0.15, 0.2) is 0 Å². The van der Waals surface area contributed by atoms with Crippen molar-refractivity contribution in [3.63, 3.8) is 0 Å². The zero-order valence-electron chi connectivity index (χ0n) is 8.58. The highest BCUT2D eigenvalue weighted by Crippen LogP contribution is 2.21. The number of hydrogen-bond acceptors (Lipinski definition) is 4. The topological polar surface area (TPSA) is 55.7 Å². The Morgan fingerprint density at radius 1 is 1.50 bits per heavy atom. The molecule has 2 rings (SSSR count). The van der Waals surface area contributed by atoms with E-state index in [4.69, 9.17) is 5.11 Å². The van der Waals surface area contributed by atoms with Gasteiger partial charge in [0.2, 0.25) is 0 Å². The van der Waals surface area contributed by atoms with Crippen LogP contribution in [0.1, 0.15) is 19.3 Å². The lowest BCUT2D eigenvalue weighted by Gasteiger charge is -2.23. The van der Waals surface area contributed by atoms with Gasteiger partial charge < -0.3 is 15.5 Å². The summed E-state index contributed by atoms with van der Waals surface area (Å²) < 4.78 is 0. The van der Waals surface area contributed by atoms with E-state index >= 15 is 0 Å². The average Bonchev–Trinajstić information content (AvgIpc) is 2.78. The molecule has 0 bridgehead atoms. The minimum absolute atomic E-state index is 0.110. The molecule has 0 aliphatic carbocycles. The molecule has 0 amide bonds. The van der Waals surface area contributed by atoms with E-state index in [9.17, 15) is 5.11 Å². The summed E-state index contributed by atoms with van der Waals surface area (Å²) in [7, 11) is 0. The van der Waals surface area contributed by atoms with E-state index in [0.29, 0.717) is 19.0 Å². The predicted molar refractivity (Wildman–Crippen MR) is 54.1 cm³/mol. The normalized spacial score (nSPS) is 39.4. The van der Waals surface area contributed by atoms with Crippen LogP contribution in [-0.2, 0) is 0 Å². The van der Waals surface area contributed by atoms with Gasteiger partial charge in [-0.1, -0.05) is 0 Å². The number of nitrogens with one attached hydrogen (secondary N) is 1. The van der Waals surface area contributed by atoms with E-state index in [0.717, 1.165) is 19.6 Å². The smallest absolute Gasteiger partial charge is 0.101 e. The summed E-state index contributed by atoms with van der Waals surface area (Å²) in [6.45, 7) is 3.57. The molecule has 2 saturated heterocycles. The molecule has 2 heterocycles. The Balaban J connectivity index is 1.78. The van der Waals surface area contributed by atoms with E-state index in [-0.39, 0.29) is 6.61 Å². The van der Waals surface area contributed by atoms with Crippen molar-refractivity contribution in [1.29, 1.82) is 0 Å². The maximum absolute atomic E-state index is 9.83. The standard InChI is InChI=1S/C10H20N2O2/c13-8-10(14)3-5-12(7-10)6-9-2-1-4-11-9/h9,11,13-14H,1-8H2. The first-order valence-corrected chi connectivity index (χ1v) is 5.51. The van der Waals surface area contributed by atoms with Gasteiger partial charge in [0.25, 0.3) is 0 Å². The minimum atomic E-state index is -0.835. The highest BCUT2D eigenvalue weighted by Gasteiger charge is 2.36. The van der Waals surface area contributed by atoms with Crippen LogP contribution in [-0.4, -0.2) is 59.5 Å². The Kier molecular flexibility index (Phi) is 3.07. The van der Waals surface area contributed by atoms with Gasteiger partial charge in [0.1, 0.15) is 5.60 Å². The number of likely N-dealkylation sites (tertiary alicyclic amines) is 1. The molecule has 2 aliphatic rings. The van der Waals surface area contributed by atoms with Crippen LogP contribution >= 0.6 is 0 Å². The Morgan fingerprint density at radius 2 is 2.36 bits per heavy atom. The van der Waals surface area contributed by atoms with E-state index in [1.807, 2.05) is 0 Å². The van der Waals surface area contributed by atoms with E-state index in [2.05, 4.69) is 10.2 Å². The Hall–Kier alpha value is -0.160. The van der Waals surface area contributed by atoms with Gasteiger partial charge in [-0.2, -0.15) is 0 Å². The molecule has 3 N–H and O–H groups in total.